The molecule has 17 heavy (non-hydrogen) atoms. The largest absolute Gasteiger partial charge is 0.483 e. The highest BCUT2D eigenvalue weighted by atomic mass is 79.9. The van der Waals surface area contributed by atoms with Crippen molar-refractivity contribution in [1.29, 1.82) is 0 Å². The highest BCUT2D eigenvalue weighted by molar-refractivity contribution is 9.09. The third-order valence-corrected chi connectivity index (χ3v) is 3.55. The molecule has 1 aromatic rings. The fourth-order valence-corrected chi connectivity index (χ4v) is 1.96. The lowest BCUT2D eigenvalue weighted by molar-refractivity contribution is -0.0325. The van der Waals surface area contributed by atoms with Crippen molar-refractivity contribution in [2.75, 3.05) is 5.33 Å². The Morgan fingerprint density at radius 3 is 2.76 bits per heavy atom. The van der Waals surface area contributed by atoms with Gasteiger partial charge < -0.3 is 9.47 Å². The zero-order valence-electron chi connectivity index (χ0n) is 10.1. The average molecular weight is 299 g/mol. The Morgan fingerprint density at radius 1 is 1.41 bits per heavy atom. The van der Waals surface area contributed by atoms with Gasteiger partial charge in [0.25, 0.3) is 0 Å². The standard InChI is InChI=1S/C13H15BrO3/c1-8-13(2,3)17-12-6-9(10(15)7-14)4-5-11(12)16-8/h4-6,8H,7H2,1-3H3. The summed E-state index contributed by atoms with van der Waals surface area (Å²) in [6, 6.07) is 5.29. The maximum atomic E-state index is 11.6. The predicted molar refractivity (Wildman–Crippen MR) is 69.4 cm³/mol. The predicted octanol–water partition coefficient (Wildman–Crippen LogP) is 3.20. The van der Waals surface area contributed by atoms with Gasteiger partial charge in [-0.2, -0.15) is 0 Å². The first kappa shape index (κ1) is 12.4. The van der Waals surface area contributed by atoms with E-state index >= 15 is 0 Å². The van der Waals surface area contributed by atoms with Crippen LogP contribution in [0.1, 0.15) is 31.1 Å². The van der Waals surface area contributed by atoms with Crippen LogP contribution in [0.15, 0.2) is 18.2 Å². The molecule has 0 N–H and O–H groups in total. The Morgan fingerprint density at radius 2 is 2.12 bits per heavy atom. The first-order valence-electron chi connectivity index (χ1n) is 5.53. The summed E-state index contributed by atoms with van der Waals surface area (Å²) in [5.74, 6) is 1.37. The molecule has 3 nitrogen and oxygen atoms in total. The smallest absolute Gasteiger partial charge is 0.173 e. The summed E-state index contributed by atoms with van der Waals surface area (Å²) in [4.78, 5) is 11.6. The van der Waals surface area contributed by atoms with E-state index in [0.717, 1.165) is 0 Å². The molecule has 0 saturated carbocycles. The van der Waals surface area contributed by atoms with Crippen LogP contribution in [0.3, 0.4) is 0 Å². The molecule has 0 saturated heterocycles. The fourth-order valence-electron chi connectivity index (χ4n) is 1.63. The summed E-state index contributed by atoms with van der Waals surface area (Å²) in [7, 11) is 0. The van der Waals surface area contributed by atoms with Crippen LogP contribution in [0.5, 0.6) is 11.5 Å². The number of Topliss-reactive ketones (excluding diaryl/α,β-unsaturated/α-hetero) is 1. The van der Waals surface area contributed by atoms with Crippen molar-refractivity contribution in [3.8, 4) is 11.5 Å². The Balaban J connectivity index is 2.37. The van der Waals surface area contributed by atoms with E-state index in [1.54, 1.807) is 18.2 Å². The maximum absolute atomic E-state index is 11.6. The number of carbonyl (C=O) groups excluding carboxylic acids is 1. The minimum atomic E-state index is -0.386. The third-order valence-electron chi connectivity index (χ3n) is 3.04. The number of ether oxygens (including phenoxy) is 2. The quantitative estimate of drug-likeness (QED) is 0.621. The number of benzene rings is 1. The van der Waals surface area contributed by atoms with Crippen LogP contribution in [-0.4, -0.2) is 22.8 Å². The number of alkyl halides is 1. The number of carbonyl (C=O) groups is 1. The number of fused-ring (bicyclic) bond motifs is 1. The van der Waals surface area contributed by atoms with Gasteiger partial charge in [-0.25, -0.2) is 0 Å². The molecule has 0 aliphatic carbocycles. The first-order valence-corrected chi connectivity index (χ1v) is 6.65. The second kappa shape index (κ2) is 4.33. The normalized spacial score (nSPS) is 21.1. The van der Waals surface area contributed by atoms with Crippen LogP contribution < -0.4 is 9.47 Å². The molecular formula is C13H15BrO3. The minimum absolute atomic E-state index is 0.0206. The number of hydrogen-bond acceptors (Lipinski definition) is 3. The van der Waals surface area contributed by atoms with Crippen molar-refractivity contribution >= 4 is 21.7 Å². The van der Waals surface area contributed by atoms with Crippen LogP contribution >= 0.6 is 15.9 Å². The number of ketones is 1. The number of rotatable bonds is 2. The Labute approximate surface area is 109 Å². The Kier molecular flexibility index (Phi) is 3.17. The lowest BCUT2D eigenvalue weighted by Gasteiger charge is -2.38. The van der Waals surface area contributed by atoms with Crippen LogP contribution in [-0.2, 0) is 0 Å². The van der Waals surface area contributed by atoms with E-state index in [1.165, 1.54) is 0 Å². The van der Waals surface area contributed by atoms with Gasteiger partial charge in [0.15, 0.2) is 17.3 Å². The van der Waals surface area contributed by atoms with Gasteiger partial charge in [-0.1, -0.05) is 15.9 Å². The van der Waals surface area contributed by atoms with E-state index < -0.39 is 0 Å². The second-order valence-electron chi connectivity index (χ2n) is 4.68. The summed E-state index contributed by atoms with van der Waals surface area (Å²) in [5, 5.41) is 0.312. The molecule has 92 valence electrons. The molecule has 0 amide bonds. The molecule has 4 heteroatoms. The monoisotopic (exact) mass is 298 g/mol. The van der Waals surface area contributed by atoms with Gasteiger partial charge in [0.2, 0.25) is 0 Å². The molecule has 0 bridgehead atoms. The lowest BCUT2D eigenvalue weighted by Crippen LogP contribution is -2.46. The molecule has 1 heterocycles. The SMILES string of the molecule is CC1Oc2ccc(C(=O)CBr)cc2OC1(C)C. The molecule has 0 spiro atoms. The van der Waals surface area contributed by atoms with E-state index in [1.807, 2.05) is 20.8 Å². The van der Waals surface area contributed by atoms with E-state index in [4.69, 9.17) is 9.47 Å². The Hall–Kier alpha value is -1.03. The highest BCUT2D eigenvalue weighted by Gasteiger charge is 2.35. The number of halogens is 1. The fraction of sp³-hybridized carbons (Fsp3) is 0.462. The summed E-state index contributed by atoms with van der Waals surface area (Å²) in [6.07, 6.45) is -0.0206. The van der Waals surface area contributed by atoms with Crippen molar-refractivity contribution < 1.29 is 14.3 Å². The molecule has 2 rings (SSSR count). The van der Waals surface area contributed by atoms with Gasteiger partial charge in [0.05, 0.1) is 5.33 Å². The van der Waals surface area contributed by atoms with Gasteiger partial charge in [0.1, 0.15) is 11.7 Å². The maximum Gasteiger partial charge on any atom is 0.173 e. The molecule has 0 radical (unpaired) electrons. The highest BCUT2D eigenvalue weighted by Crippen LogP contribution is 2.38. The summed E-state index contributed by atoms with van der Waals surface area (Å²) >= 11 is 3.16. The summed E-state index contributed by atoms with van der Waals surface area (Å²) < 4.78 is 11.6. The first-order chi connectivity index (χ1) is 7.94. The van der Waals surface area contributed by atoms with E-state index in [2.05, 4.69) is 15.9 Å². The Bertz CT molecular complexity index is 454. The zero-order valence-corrected chi connectivity index (χ0v) is 11.7. The van der Waals surface area contributed by atoms with E-state index in [9.17, 15) is 4.79 Å². The van der Waals surface area contributed by atoms with Crippen molar-refractivity contribution in [3.63, 3.8) is 0 Å². The third kappa shape index (κ3) is 2.32. The molecule has 1 aliphatic rings. The van der Waals surface area contributed by atoms with E-state index in [-0.39, 0.29) is 17.5 Å². The van der Waals surface area contributed by atoms with Crippen LogP contribution in [0, 0.1) is 0 Å². The van der Waals surface area contributed by atoms with Crippen molar-refractivity contribution in [2.24, 2.45) is 0 Å². The van der Waals surface area contributed by atoms with Crippen molar-refractivity contribution in [3.05, 3.63) is 23.8 Å². The van der Waals surface area contributed by atoms with Crippen molar-refractivity contribution in [1.82, 2.24) is 0 Å². The van der Waals surface area contributed by atoms with Crippen LogP contribution in [0.25, 0.3) is 0 Å². The molecule has 0 aromatic heterocycles. The number of hydrogen-bond donors (Lipinski definition) is 0. The van der Waals surface area contributed by atoms with Gasteiger partial charge in [-0.05, 0) is 39.0 Å². The average Bonchev–Trinajstić information content (AvgIpc) is 2.28. The molecule has 1 aliphatic heterocycles. The summed E-state index contributed by atoms with van der Waals surface area (Å²) in [5.41, 5.74) is 0.248. The van der Waals surface area contributed by atoms with Gasteiger partial charge >= 0.3 is 0 Å². The van der Waals surface area contributed by atoms with E-state index in [0.29, 0.717) is 22.4 Å². The zero-order chi connectivity index (χ0) is 12.6. The van der Waals surface area contributed by atoms with Gasteiger partial charge in [-0.15, -0.1) is 0 Å². The van der Waals surface area contributed by atoms with Crippen LogP contribution in [0.2, 0.25) is 0 Å². The summed E-state index contributed by atoms with van der Waals surface area (Å²) in [6.45, 7) is 5.92. The molecule has 0 fully saturated rings. The molecule has 1 aromatic carbocycles. The molecule has 1 atom stereocenters. The van der Waals surface area contributed by atoms with Gasteiger partial charge in [0, 0.05) is 5.56 Å². The lowest BCUT2D eigenvalue weighted by atomic mass is 10.0. The topological polar surface area (TPSA) is 35.5 Å². The molecule has 1 unspecified atom stereocenters. The van der Waals surface area contributed by atoms with Gasteiger partial charge in [-0.3, -0.25) is 4.79 Å². The van der Waals surface area contributed by atoms with Crippen molar-refractivity contribution in [2.45, 2.75) is 32.5 Å². The van der Waals surface area contributed by atoms with Crippen LogP contribution in [0.4, 0.5) is 0 Å². The molecular weight excluding hydrogens is 284 g/mol. The second-order valence-corrected chi connectivity index (χ2v) is 5.24. The minimum Gasteiger partial charge on any atom is -0.483 e.